The molecule has 1 aromatic rings. The molecule has 0 radical (unpaired) electrons. The Morgan fingerprint density at radius 1 is 1.57 bits per heavy atom. The first-order valence-corrected chi connectivity index (χ1v) is 4.64. The molecular weight excluding hydrogens is 180 g/mol. The number of amidine groups is 1. The summed E-state index contributed by atoms with van der Waals surface area (Å²) in [6.45, 7) is 6.43. The predicted octanol–water partition coefficient (Wildman–Crippen LogP) is 0.911. The zero-order chi connectivity index (χ0) is 10.6. The van der Waals surface area contributed by atoms with Crippen LogP contribution in [0, 0.1) is 13.8 Å². The number of hydrazine groups is 1. The first-order chi connectivity index (χ1) is 6.69. The van der Waals surface area contributed by atoms with E-state index in [-0.39, 0.29) is 0 Å². The zero-order valence-electron chi connectivity index (χ0n) is 8.79. The highest BCUT2D eigenvalue weighted by atomic mass is 16.4. The van der Waals surface area contributed by atoms with Crippen LogP contribution >= 0.6 is 0 Å². The summed E-state index contributed by atoms with van der Waals surface area (Å²) in [7, 11) is 0. The monoisotopic (exact) mass is 196 g/mol. The molecule has 0 saturated carbocycles. The van der Waals surface area contributed by atoms with Gasteiger partial charge in [0.05, 0.1) is 5.69 Å². The van der Waals surface area contributed by atoms with Gasteiger partial charge in [0.1, 0.15) is 0 Å². The van der Waals surface area contributed by atoms with E-state index in [1.165, 1.54) is 0 Å². The highest BCUT2D eigenvalue weighted by Crippen LogP contribution is 2.09. The molecule has 1 rings (SSSR count). The fourth-order valence-electron chi connectivity index (χ4n) is 1.16. The van der Waals surface area contributed by atoms with E-state index in [9.17, 15) is 0 Å². The molecule has 0 spiro atoms. The van der Waals surface area contributed by atoms with Crippen molar-refractivity contribution in [1.82, 2.24) is 10.4 Å². The number of oxazole rings is 1. The van der Waals surface area contributed by atoms with Crippen molar-refractivity contribution >= 4 is 5.84 Å². The van der Waals surface area contributed by atoms with E-state index in [0.29, 0.717) is 17.5 Å². The number of rotatable bonds is 3. The van der Waals surface area contributed by atoms with Gasteiger partial charge in [0, 0.05) is 13.5 Å². The number of aliphatic imine (C=N–C) groups is 1. The lowest BCUT2D eigenvalue weighted by molar-refractivity contribution is 0.509. The molecule has 0 aliphatic rings. The van der Waals surface area contributed by atoms with Gasteiger partial charge in [-0.2, -0.15) is 0 Å². The maximum absolute atomic E-state index is 5.38. The lowest BCUT2D eigenvalue weighted by Gasteiger charge is -2.01. The van der Waals surface area contributed by atoms with Crippen LogP contribution in [0.2, 0.25) is 0 Å². The topological polar surface area (TPSA) is 76.4 Å². The summed E-state index contributed by atoms with van der Waals surface area (Å²) < 4.78 is 5.38. The van der Waals surface area contributed by atoms with Gasteiger partial charge in [0.2, 0.25) is 0 Å². The van der Waals surface area contributed by atoms with E-state index < -0.39 is 0 Å². The van der Waals surface area contributed by atoms with Gasteiger partial charge in [-0.3, -0.25) is 4.99 Å². The van der Waals surface area contributed by atoms with Crippen LogP contribution in [-0.2, 0) is 0 Å². The Morgan fingerprint density at radius 2 is 2.29 bits per heavy atom. The minimum atomic E-state index is 0.560. The summed E-state index contributed by atoms with van der Waals surface area (Å²) in [5.41, 5.74) is 3.32. The number of nitrogens with zero attached hydrogens (tertiary/aromatic N) is 2. The van der Waals surface area contributed by atoms with Crippen LogP contribution in [0.15, 0.2) is 9.41 Å². The van der Waals surface area contributed by atoms with Crippen molar-refractivity contribution < 1.29 is 4.42 Å². The van der Waals surface area contributed by atoms with Crippen LogP contribution in [0.3, 0.4) is 0 Å². The third-order valence-electron chi connectivity index (χ3n) is 1.75. The molecule has 0 aromatic carbocycles. The molecule has 14 heavy (non-hydrogen) atoms. The number of aromatic nitrogens is 1. The van der Waals surface area contributed by atoms with E-state index in [1.54, 1.807) is 6.92 Å². The van der Waals surface area contributed by atoms with Crippen LogP contribution in [-0.4, -0.2) is 17.4 Å². The average molecular weight is 196 g/mol. The summed E-state index contributed by atoms with van der Waals surface area (Å²) in [6, 6.07) is 0. The van der Waals surface area contributed by atoms with Crippen LogP contribution in [0.25, 0.3) is 0 Å². The van der Waals surface area contributed by atoms with Crippen molar-refractivity contribution in [2.45, 2.75) is 27.2 Å². The third kappa shape index (κ3) is 2.32. The summed E-state index contributed by atoms with van der Waals surface area (Å²) in [5.74, 6) is 7.16. The summed E-state index contributed by atoms with van der Waals surface area (Å²) in [4.78, 5) is 8.40. The van der Waals surface area contributed by atoms with Gasteiger partial charge in [-0.15, -0.1) is 0 Å². The molecule has 0 aliphatic carbocycles. The highest BCUT2D eigenvalue weighted by Gasteiger charge is 2.12. The molecule has 0 aliphatic heterocycles. The standard InChI is InChI=1S/C9H16N4O/c1-4-5-11-9(13-10)8-6(2)12-7(3)14-8/h4-5,10H2,1-3H3,(H,11,13). The van der Waals surface area contributed by atoms with Gasteiger partial charge in [-0.25, -0.2) is 10.8 Å². The Balaban J connectivity index is 2.94. The summed E-state index contributed by atoms with van der Waals surface area (Å²) in [6.07, 6.45) is 0.970. The second-order valence-corrected chi connectivity index (χ2v) is 3.02. The number of hydrogen-bond donors (Lipinski definition) is 2. The van der Waals surface area contributed by atoms with Gasteiger partial charge in [-0.05, 0) is 13.3 Å². The highest BCUT2D eigenvalue weighted by molar-refractivity contribution is 5.96. The van der Waals surface area contributed by atoms with Crippen molar-refractivity contribution in [2.24, 2.45) is 10.8 Å². The minimum absolute atomic E-state index is 0.560. The van der Waals surface area contributed by atoms with E-state index >= 15 is 0 Å². The number of hydrogen-bond acceptors (Lipinski definition) is 4. The molecule has 0 fully saturated rings. The molecule has 1 heterocycles. The van der Waals surface area contributed by atoms with E-state index in [4.69, 9.17) is 10.3 Å². The van der Waals surface area contributed by atoms with Crippen molar-refractivity contribution in [1.29, 1.82) is 0 Å². The first kappa shape index (κ1) is 10.7. The van der Waals surface area contributed by atoms with Crippen molar-refractivity contribution in [3.63, 3.8) is 0 Å². The largest absolute Gasteiger partial charge is 0.437 e. The quantitative estimate of drug-likeness (QED) is 0.326. The van der Waals surface area contributed by atoms with E-state index in [2.05, 4.69) is 22.3 Å². The normalized spacial score (nSPS) is 11.9. The Hall–Kier alpha value is -1.36. The molecule has 5 nitrogen and oxygen atoms in total. The lowest BCUT2D eigenvalue weighted by Crippen LogP contribution is -2.31. The summed E-state index contributed by atoms with van der Waals surface area (Å²) >= 11 is 0. The second kappa shape index (κ2) is 4.76. The fourth-order valence-corrected chi connectivity index (χ4v) is 1.16. The van der Waals surface area contributed by atoms with Gasteiger partial charge < -0.3 is 9.84 Å². The van der Waals surface area contributed by atoms with Crippen LogP contribution < -0.4 is 11.3 Å². The second-order valence-electron chi connectivity index (χ2n) is 3.02. The predicted molar refractivity (Wildman–Crippen MR) is 55.0 cm³/mol. The zero-order valence-corrected chi connectivity index (χ0v) is 8.79. The molecular formula is C9H16N4O. The van der Waals surface area contributed by atoms with Gasteiger partial charge >= 0.3 is 0 Å². The molecule has 1 aromatic heterocycles. The molecule has 0 unspecified atom stereocenters. The number of aryl methyl sites for hydroxylation is 2. The molecule has 0 amide bonds. The third-order valence-corrected chi connectivity index (χ3v) is 1.75. The molecule has 0 atom stereocenters. The lowest BCUT2D eigenvalue weighted by atomic mass is 10.3. The van der Waals surface area contributed by atoms with Crippen LogP contribution in [0.5, 0.6) is 0 Å². The van der Waals surface area contributed by atoms with Crippen molar-refractivity contribution in [3.8, 4) is 0 Å². The maximum Gasteiger partial charge on any atom is 0.193 e. The Bertz CT molecular complexity index is 330. The Kier molecular flexibility index (Phi) is 3.64. The van der Waals surface area contributed by atoms with Crippen molar-refractivity contribution in [2.75, 3.05) is 6.54 Å². The minimum Gasteiger partial charge on any atom is -0.437 e. The van der Waals surface area contributed by atoms with Gasteiger partial charge in [0.15, 0.2) is 17.5 Å². The summed E-state index contributed by atoms with van der Waals surface area (Å²) in [5, 5.41) is 0. The van der Waals surface area contributed by atoms with Crippen molar-refractivity contribution in [3.05, 3.63) is 17.3 Å². The smallest absolute Gasteiger partial charge is 0.193 e. The SMILES string of the molecule is CCCN=C(NN)c1oc(C)nc1C. The van der Waals surface area contributed by atoms with E-state index in [0.717, 1.165) is 18.7 Å². The van der Waals surface area contributed by atoms with E-state index in [1.807, 2.05) is 6.92 Å². The van der Waals surface area contributed by atoms with Crippen LogP contribution in [0.1, 0.15) is 30.7 Å². The molecule has 78 valence electrons. The molecule has 0 saturated heterocycles. The molecule has 0 bridgehead atoms. The molecule has 3 N–H and O–H groups in total. The average Bonchev–Trinajstić information content (AvgIpc) is 2.47. The Labute approximate surface area is 83.4 Å². The van der Waals surface area contributed by atoms with Gasteiger partial charge in [0.25, 0.3) is 0 Å². The van der Waals surface area contributed by atoms with Gasteiger partial charge in [-0.1, -0.05) is 6.92 Å². The fraction of sp³-hybridized carbons (Fsp3) is 0.556. The number of nitrogens with two attached hydrogens (primary N) is 1. The van der Waals surface area contributed by atoms with Crippen LogP contribution in [0.4, 0.5) is 0 Å². The Morgan fingerprint density at radius 3 is 2.71 bits per heavy atom. The maximum atomic E-state index is 5.38. The number of nitrogens with one attached hydrogen (secondary N) is 1. The first-order valence-electron chi connectivity index (χ1n) is 4.64. The molecule has 5 heteroatoms.